The molecule has 2 aromatic heterocycles. The van der Waals surface area contributed by atoms with Crippen molar-refractivity contribution in [2.45, 2.75) is 39.3 Å². The summed E-state index contributed by atoms with van der Waals surface area (Å²) in [6.07, 6.45) is 5.03. The molecule has 1 unspecified atom stereocenters. The largest absolute Gasteiger partial charge is 0.305 e. The first-order chi connectivity index (χ1) is 17.9. The summed E-state index contributed by atoms with van der Waals surface area (Å²) in [4.78, 5) is 22.4. The molecule has 188 valence electrons. The number of aromatic nitrogens is 3. The second-order valence-corrected chi connectivity index (χ2v) is 10.2. The molecule has 0 aliphatic carbocycles. The van der Waals surface area contributed by atoms with Gasteiger partial charge in [-0.3, -0.25) is 9.69 Å². The zero-order valence-corrected chi connectivity index (χ0v) is 22.0. The molecule has 1 aliphatic heterocycles. The first-order valence-corrected chi connectivity index (χ1v) is 12.8. The fourth-order valence-corrected chi connectivity index (χ4v) is 4.93. The summed E-state index contributed by atoms with van der Waals surface area (Å²) >= 11 is 0. The van der Waals surface area contributed by atoms with Crippen LogP contribution in [-0.2, 0) is 13.0 Å². The summed E-state index contributed by atoms with van der Waals surface area (Å²) in [5.41, 5.74) is 7.65. The number of ketones is 1. The van der Waals surface area contributed by atoms with Crippen molar-refractivity contribution in [3.63, 3.8) is 0 Å². The van der Waals surface area contributed by atoms with Gasteiger partial charge in [-0.15, -0.1) is 0 Å². The number of aryl methyl sites for hydroxylation is 2. The van der Waals surface area contributed by atoms with Crippen LogP contribution in [0.1, 0.15) is 50.3 Å². The van der Waals surface area contributed by atoms with E-state index in [1.165, 1.54) is 17.5 Å². The minimum atomic E-state index is 0.0973. The lowest BCUT2D eigenvalue weighted by molar-refractivity contribution is 0.0993. The Labute approximate surface area is 218 Å². The van der Waals surface area contributed by atoms with Crippen molar-refractivity contribution in [1.29, 1.82) is 0 Å². The third-order valence-corrected chi connectivity index (χ3v) is 7.31. The van der Waals surface area contributed by atoms with E-state index in [4.69, 9.17) is 0 Å². The average Bonchev–Trinajstić information content (AvgIpc) is 3.52. The fraction of sp³-hybridized carbons (Fsp3) is 0.323. The normalized spacial score (nSPS) is 15.8. The molecule has 0 N–H and O–H groups in total. The molecule has 6 heteroatoms. The Morgan fingerprint density at radius 2 is 1.95 bits per heavy atom. The molecule has 4 aromatic rings. The number of hydrogen-bond acceptors (Lipinski definition) is 5. The highest BCUT2D eigenvalue weighted by Gasteiger charge is 2.24. The summed E-state index contributed by atoms with van der Waals surface area (Å²) in [6.45, 7) is 7.37. The number of Topliss-reactive ketones (excluding diaryl/α,β-unsaturated/α-hetero) is 1. The molecule has 5 rings (SSSR count). The van der Waals surface area contributed by atoms with E-state index in [-0.39, 0.29) is 5.78 Å². The van der Waals surface area contributed by atoms with E-state index in [2.05, 4.69) is 70.9 Å². The topological polar surface area (TPSA) is 53.7 Å². The molecular formula is C31H33N5O. The van der Waals surface area contributed by atoms with Crippen LogP contribution in [-0.4, -0.2) is 63.4 Å². The third-order valence-electron chi connectivity index (χ3n) is 7.31. The van der Waals surface area contributed by atoms with Crippen LogP contribution in [0.25, 0.3) is 5.65 Å². The maximum absolute atomic E-state index is 13.2. The zero-order chi connectivity index (χ0) is 25.9. The minimum Gasteiger partial charge on any atom is -0.305 e. The molecule has 0 radical (unpaired) electrons. The quantitative estimate of drug-likeness (QED) is 0.297. The van der Waals surface area contributed by atoms with E-state index in [1.54, 1.807) is 16.9 Å². The van der Waals surface area contributed by atoms with E-state index in [0.29, 0.717) is 23.7 Å². The molecule has 0 amide bonds. The number of carbonyl (C=O) groups is 1. The minimum absolute atomic E-state index is 0.0973. The average molecular weight is 492 g/mol. The molecule has 1 atom stereocenters. The summed E-state index contributed by atoms with van der Waals surface area (Å²) in [7, 11) is 4.32. The first-order valence-electron chi connectivity index (χ1n) is 12.8. The van der Waals surface area contributed by atoms with Gasteiger partial charge < -0.3 is 4.90 Å². The van der Waals surface area contributed by atoms with Crippen molar-refractivity contribution in [2.24, 2.45) is 0 Å². The Morgan fingerprint density at radius 3 is 2.73 bits per heavy atom. The third kappa shape index (κ3) is 5.64. The van der Waals surface area contributed by atoms with Crippen LogP contribution < -0.4 is 0 Å². The SMILES string of the molecule is Cc1ccc(C(=O)Cc2ccc(CN3CCC(N(C)C)C3)c(C)c2)cc1C#Cc1cnc2cccnn12. The van der Waals surface area contributed by atoms with Crippen molar-refractivity contribution in [3.05, 3.63) is 100.0 Å². The van der Waals surface area contributed by atoms with Crippen molar-refractivity contribution in [3.8, 4) is 11.8 Å². The lowest BCUT2D eigenvalue weighted by atomic mass is 9.97. The van der Waals surface area contributed by atoms with Gasteiger partial charge in [0.15, 0.2) is 11.4 Å². The molecule has 1 aliphatic rings. The highest BCUT2D eigenvalue weighted by molar-refractivity contribution is 5.98. The number of fused-ring (bicyclic) bond motifs is 1. The number of likely N-dealkylation sites (N-methyl/N-ethyl adjacent to an activating group) is 1. The van der Waals surface area contributed by atoms with Crippen molar-refractivity contribution < 1.29 is 4.79 Å². The summed E-state index contributed by atoms with van der Waals surface area (Å²) in [5, 5.41) is 4.31. The van der Waals surface area contributed by atoms with Gasteiger partial charge in [0.25, 0.3) is 0 Å². The van der Waals surface area contributed by atoms with Crippen LogP contribution >= 0.6 is 0 Å². The van der Waals surface area contributed by atoms with E-state index >= 15 is 0 Å². The zero-order valence-electron chi connectivity index (χ0n) is 22.0. The molecule has 1 fully saturated rings. The maximum atomic E-state index is 13.2. The van der Waals surface area contributed by atoms with E-state index < -0.39 is 0 Å². The van der Waals surface area contributed by atoms with Crippen molar-refractivity contribution in [2.75, 3.05) is 27.2 Å². The number of rotatable bonds is 6. The molecule has 6 nitrogen and oxygen atoms in total. The molecule has 1 saturated heterocycles. The molecule has 37 heavy (non-hydrogen) atoms. The van der Waals surface area contributed by atoms with Gasteiger partial charge in [-0.1, -0.05) is 36.3 Å². The Morgan fingerprint density at radius 1 is 1.08 bits per heavy atom. The molecule has 2 aromatic carbocycles. The number of carbonyl (C=O) groups excluding carboxylic acids is 1. The van der Waals surface area contributed by atoms with Gasteiger partial charge in [0, 0.05) is 49.4 Å². The van der Waals surface area contributed by atoms with Gasteiger partial charge >= 0.3 is 0 Å². The van der Waals surface area contributed by atoms with Crippen molar-refractivity contribution in [1.82, 2.24) is 24.4 Å². The van der Waals surface area contributed by atoms with Gasteiger partial charge in [0.2, 0.25) is 0 Å². The second-order valence-electron chi connectivity index (χ2n) is 10.2. The molecule has 0 bridgehead atoms. The van der Waals surface area contributed by atoms with Crippen LogP contribution in [0.2, 0.25) is 0 Å². The Balaban J connectivity index is 1.28. The van der Waals surface area contributed by atoms with Gasteiger partial charge in [0.1, 0.15) is 5.69 Å². The monoisotopic (exact) mass is 491 g/mol. The van der Waals surface area contributed by atoms with E-state index in [1.807, 2.05) is 37.3 Å². The molecule has 0 saturated carbocycles. The number of benzene rings is 2. The highest BCUT2D eigenvalue weighted by atomic mass is 16.1. The van der Waals surface area contributed by atoms with Crippen LogP contribution in [0, 0.1) is 25.7 Å². The first kappa shape index (κ1) is 24.9. The Bertz CT molecular complexity index is 1510. The number of hydrogen-bond donors (Lipinski definition) is 0. The summed E-state index contributed by atoms with van der Waals surface area (Å²) < 4.78 is 1.72. The van der Waals surface area contributed by atoms with Crippen LogP contribution in [0.4, 0.5) is 0 Å². The number of likely N-dealkylation sites (tertiary alicyclic amines) is 1. The smallest absolute Gasteiger partial charge is 0.167 e. The lowest BCUT2D eigenvalue weighted by Crippen LogP contribution is -2.31. The predicted molar refractivity (Wildman–Crippen MR) is 147 cm³/mol. The van der Waals surface area contributed by atoms with Crippen LogP contribution in [0.15, 0.2) is 60.9 Å². The van der Waals surface area contributed by atoms with E-state index in [9.17, 15) is 4.79 Å². The fourth-order valence-electron chi connectivity index (χ4n) is 4.93. The van der Waals surface area contributed by atoms with Crippen LogP contribution in [0.3, 0.4) is 0 Å². The molecule has 3 heterocycles. The van der Waals surface area contributed by atoms with Crippen molar-refractivity contribution >= 4 is 11.4 Å². The highest BCUT2D eigenvalue weighted by Crippen LogP contribution is 2.20. The molecular weight excluding hydrogens is 458 g/mol. The number of imidazole rings is 1. The van der Waals surface area contributed by atoms with Gasteiger partial charge in [-0.05, 0) is 80.7 Å². The van der Waals surface area contributed by atoms with E-state index in [0.717, 1.165) is 42.0 Å². The van der Waals surface area contributed by atoms with Gasteiger partial charge in [-0.25, -0.2) is 9.50 Å². The molecule has 0 spiro atoms. The lowest BCUT2D eigenvalue weighted by Gasteiger charge is -2.21. The summed E-state index contributed by atoms with van der Waals surface area (Å²) in [6, 6.07) is 16.6. The summed E-state index contributed by atoms with van der Waals surface area (Å²) in [5.74, 6) is 6.48. The predicted octanol–water partition coefficient (Wildman–Crippen LogP) is 4.31. The number of nitrogens with zero attached hydrogens (tertiary/aromatic N) is 5. The Kier molecular flexibility index (Phi) is 7.18. The standard InChI is InChI=1S/C31H33N5O/c1-22-7-9-26(18-25(22)11-12-28-19-32-31-6-5-14-33-36(28)31)30(37)17-24-8-10-27(23(2)16-24)20-35-15-13-29(21-35)34(3)4/h5-10,14,16,18-19,29H,13,15,17,20-21H2,1-4H3. The van der Waals surface area contributed by atoms with Gasteiger partial charge in [0.05, 0.1) is 6.20 Å². The maximum Gasteiger partial charge on any atom is 0.167 e. The van der Waals surface area contributed by atoms with Gasteiger partial charge in [-0.2, -0.15) is 5.10 Å². The second kappa shape index (κ2) is 10.7. The Hall–Kier alpha value is -3.79. The van der Waals surface area contributed by atoms with Crippen LogP contribution in [0.5, 0.6) is 0 Å².